The Morgan fingerprint density at radius 3 is 2.80 bits per heavy atom. The number of aryl methyl sites for hydroxylation is 1. The van der Waals surface area contributed by atoms with Gasteiger partial charge in [0.05, 0.1) is 0 Å². The van der Waals surface area contributed by atoms with E-state index in [0.29, 0.717) is 17.1 Å². The van der Waals surface area contributed by atoms with Crippen molar-refractivity contribution >= 4 is 17.5 Å². The molecule has 1 atom stereocenters. The van der Waals surface area contributed by atoms with Crippen LogP contribution in [0, 0.1) is 6.92 Å². The highest BCUT2D eigenvalue weighted by Gasteiger charge is 2.10. The van der Waals surface area contributed by atoms with Crippen LogP contribution in [0.5, 0.6) is 0 Å². The van der Waals surface area contributed by atoms with Crippen molar-refractivity contribution in [1.29, 1.82) is 0 Å². The molecule has 0 aromatic heterocycles. The van der Waals surface area contributed by atoms with Crippen molar-refractivity contribution in [2.75, 3.05) is 6.54 Å². The lowest BCUT2D eigenvalue weighted by molar-refractivity contribution is 0.0940. The molecule has 4 heteroatoms. The number of hydrogen-bond donors (Lipinski definition) is 2. The van der Waals surface area contributed by atoms with E-state index >= 15 is 0 Å². The third-order valence-corrected chi connectivity index (χ3v) is 2.40. The quantitative estimate of drug-likeness (QED) is 0.825. The highest BCUT2D eigenvalue weighted by atomic mass is 35.5. The molecule has 0 bridgehead atoms. The first-order valence-electron chi connectivity index (χ1n) is 4.81. The lowest BCUT2D eigenvalue weighted by atomic mass is 10.1. The summed E-state index contributed by atoms with van der Waals surface area (Å²) in [5.74, 6) is -0.109. The minimum atomic E-state index is -0.109. The lowest BCUT2D eigenvalue weighted by Crippen LogP contribution is -2.38. The van der Waals surface area contributed by atoms with Gasteiger partial charge >= 0.3 is 0 Å². The molecule has 15 heavy (non-hydrogen) atoms. The van der Waals surface area contributed by atoms with Crippen LogP contribution in [-0.4, -0.2) is 18.5 Å². The molecule has 0 radical (unpaired) electrons. The minimum absolute atomic E-state index is 0.0208. The summed E-state index contributed by atoms with van der Waals surface area (Å²) in [7, 11) is 0. The van der Waals surface area contributed by atoms with E-state index in [-0.39, 0.29) is 11.9 Å². The van der Waals surface area contributed by atoms with Gasteiger partial charge in [0.2, 0.25) is 0 Å². The van der Waals surface area contributed by atoms with Gasteiger partial charge in [0.15, 0.2) is 0 Å². The number of nitrogens with two attached hydrogens (primary N) is 1. The van der Waals surface area contributed by atoms with Gasteiger partial charge in [0.25, 0.3) is 5.91 Å². The number of hydrogen-bond acceptors (Lipinski definition) is 2. The zero-order valence-corrected chi connectivity index (χ0v) is 9.64. The zero-order valence-electron chi connectivity index (χ0n) is 8.88. The maximum absolute atomic E-state index is 11.7. The van der Waals surface area contributed by atoms with Crippen molar-refractivity contribution in [3.05, 3.63) is 34.3 Å². The van der Waals surface area contributed by atoms with Gasteiger partial charge in [-0.1, -0.05) is 11.6 Å². The summed E-state index contributed by atoms with van der Waals surface area (Å²) in [5, 5.41) is 3.43. The van der Waals surface area contributed by atoms with E-state index < -0.39 is 0 Å². The van der Waals surface area contributed by atoms with Crippen molar-refractivity contribution in [1.82, 2.24) is 5.32 Å². The van der Waals surface area contributed by atoms with Crippen molar-refractivity contribution in [2.24, 2.45) is 5.73 Å². The van der Waals surface area contributed by atoms with Crippen LogP contribution in [0.1, 0.15) is 22.8 Å². The van der Waals surface area contributed by atoms with Crippen LogP contribution < -0.4 is 11.1 Å². The molecular weight excluding hydrogens is 212 g/mol. The summed E-state index contributed by atoms with van der Waals surface area (Å²) < 4.78 is 0. The fraction of sp³-hybridized carbons (Fsp3) is 0.364. The molecule has 82 valence electrons. The van der Waals surface area contributed by atoms with Gasteiger partial charge < -0.3 is 11.1 Å². The number of carbonyl (C=O) groups is 1. The molecule has 1 amide bonds. The molecule has 3 N–H and O–H groups in total. The summed E-state index contributed by atoms with van der Waals surface area (Å²) in [6.07, 6.45) is 0. The fourth-order valence-electron chi connectivity index (χ4n) is 1.24. The summed E-state index contributed by atoms with van der Waals surface area (Å²) in [5.41, 5.74) is 6.93. The molecule has 0 spiro atoms. The van der Waals surface area contributed by atoms with Crippen LogP contribution >= 0.6 is 11.6 Å². The average molecular weight is 227 g/mol. The van der Waals surface area contributed by atoms with Crippen molar-refractivity contribution in [2.45, 2.75) is 19.9 Å². The Morgan fingerprint density at radius 1 is 1.60 bits per heavy atom. The Labute approximate surface area is 94.6 Å². The molecule has 1 rings (SSSR count). The smallest absolute Gasteiger partial charge is 0.251 e. The van der Waals surface area contributed by atoms with Gasteiger partial charge in [-0.15, -0.1) is 0 Å². The molecule has 1 aromatic rings. The van der Waals surface area contributed by atoms with Gasteiger partial charge in [0, 0.05) is 23.2 Å². The Bertz CT molecular complexity index is 366. The second kappa shape index (κ2) is 5.14. The number of benzene rings is 1. The predicted octanol–water partition coefficient (Wildman–Crippen LogP) is 1.73. The van der Waals surface area contributed by atoms with Gasteiger partial charge in [-0.2, -0.15) is 0 Å². The third-order valence-electron chi connectivity index (χ3n) is 2.16. The standard InChI is InChI=1S/C11H15ClN2O/c1-7-5-9(12)3-4-10(7)11(15)14-8(2)6-13/h3-5,8H,6,13H2,1-2H3,(H,14,15). The van der Waals surface area contributed by atoms with Crippen LogP contribution in [0.2, 0.25) is 5.02 Å². The molecule has 0 aliphatic rings. The molecule has 0 aliphatic heterocycles. The van der Waals surface area contributed by atoms with Crippen LogP contribution in [0.15, 0.2) is 18.2 Å². The van der Waals surface area contributed by atoms with E-state index in [0.717, 1.165) is 5.56 Å². The molecule has 1 unspecified atom stereocenters. The number of amides is 1. The van der Waals surface area contributed by atoms with Crippen molar-refractivity contribution < 1.29 is 4.79 Å². The highest BCUT2D eigenvalue weighted by molar-refractivity contribution is 6.30. The van der Waals surface area contributed by atoms with Gasteiger partial charge in [-0.3, -0.25) is 4.79 Å². The maximum atomic E-state index is 11.7. The van der Waals surface area contributed by atoms with Crippen LogP contribution in [0.25, 0.3) is 0 Å². The predicted molar refractivity (Wildman–Crippen MR) is 62.2 cm³/mol. The Kier molecular flexibility index (Phi) is 4.12. The van der Waals surface area contributed by atoms with Crippen LogP contribution in [0.4, 0.5) is 0 Å². The van der Waals surface area contributed by atoms with E-state index in [1.807, 2.05) is 13.8 Å². The highest BCUT2D eigenvalue weighted by Crippen LogP contribution is 2.15. The second-order valence-electron chi connectivity index (χ2n) is 3.57. The van der Waals surface area contributed by atoms with Gasteiger partial charge in [-0.05, 0) is 37.6 Å². The minimum Gasteiger partial charge on any atom is -0.348 e. The summed E-state index contributed by atoms with van der Waals surface area (Å²) in [4.78, 5) is 11.7. The molecule has 0 fully saturated rings. The molecule has 0 heterocycles. The molecular formula is C11H15ClN2O. The molecule has 0 saturated carbocycles. The molecule has 1 aromatic carbocycles. The van der Waals surface area contributed by atoms with E-state index in [9.17, 15) is 4.79 Å². The Hall–Kier alpha value is -1.06. The second-order valence-corrected chi connectivity index (χ2v) is 4.01. The van der Waals surface area contributed by atoms with Crippen molar-refractivity contribution in [3.8, 4) is 0 Å². The first kappa shape index (κ1) is 12.0. The first-order valence-corrected chi connectivity index (χ1v) is 5.19. The van der Waals surface area contributed by atoms with Crippen LogP contribution in [0.3, 0.4) is 0 Å². The monoisotopic (exact) mass is 226 g/mol. The summed E-state index contributed by atoms with van der Waals surface area (Å²) in [6.45, 7) is 4.15. The van der Waals surface area contributed by atoms with Gasteiger partial charge in [0.1, 0.15) is 0 Å². The molecule has 0 aliphatic carbocycles. The number of carbonyl (C=O) groups excluding carboxylic acids is 1. The van der Waals surface area contributed by atoms with Gasteiger partial charge in [-0.25, -0.2) is 0 Å². The van der Waals surface area contributed by atoms with E-state index in [2.05, 4.69) is 5.32 Å². The molecule has 0 saturated heterocycles. The SMILES string of the molecule is Cc1cc(Cl)ccc1C(=O)NC(C)CN. The zero-order chi connectivity index (χ0) is 11.4. The Balaban J connectivity index is 2.82. The Morgan fingerprint density at radius 2 is 2.27 bits per heavy atom. The van der Waals surface area contributed by atoms with Crippen LogP contribution in [-0.2, 0) is 0 Å². The lowest BCUT2D eigenvalue weighted by Gasteiger charge is -2.12. The maximum Gasteiger partial charge on any atom is 0.251 e. The first-order chi connectivity index (χ1) is 7.04. The normalized spacial score (nSPS) is 12.3. The van der Waals surface area contributed by atoms with E-state index in [1.54, 1.807) is 18.2 Å². The fourth-order valence-corrected chi connectivity index (χ4v) is 1.47. The number of rotatable bonds is 3. The summed E-state index contributed by atoms with van der Waals surface area (Å²) in [6, 6.07) is 5.17. The van der Waals surface area contributed by atoms with Crippen molar-refractivity contribution in [3.63, 3.8) is 0 Å². The summed E-state index contributed by atoms with van der Waals surface area (Å²) >= 11 is 5.80. The average Bonchev–Trinajstić information content (AvgIpc) is 2.17. The number of nitrogens with one attached hydrogen (secondary N) is 1. The largest absolute Gasteiger partial charge is 0.348 e. The topological polar surface area (TPSA) is 55.1 Å². The third kappa shape index (κ3) is 3.22. The van der Waals surface area contributed by atoms with E-state index in [4.69, 9.17) is 17.3 Å². The number of halogens is 1. The molecule has 3 nitrogen and oxygen atoms in total. The van der Waals surface area contributed by atoms with E-state index in [1.165, 1.54) is 0 Å².